The molecule has 0 saturated heterocycles. The van der Waals surface area contributed by atoms with Crippen molar-refractivity contribution >= 4 is 49.6 Å². The van der Waals surface area contributed by atoms with Crippen LogP contribution in [0.2, 0.25) is 0 Å². The second-order valence-electron chi connectivity index (χ2n) is 15.1. The summed E-state index contributed by atoms with van der Waals surface area (Å²) < 4.78 is 78.7. The average Bonchev–Trinajstić information content (AvgIpc) is 4.10. The van der Waals surface area contributed by atoms with Crippen LogP contribution in [0.3, 0.4) is 0 Å². The number of Topliss-reactive ketones (excluding diaryl/α,β-unsaturated/α-hetero) is 2. The van der Waals surface area contributed by atoms with E-state index >= 15 is 0 Å². The minimum absolute atomic E-state index is 0.0320. The van der Waals surface area contributed by atoms with Crippen molar-refractivity contribution in [3.8, 4) is 51.6 Å². The highest BCUT2D eigenvalue weighted by atomic mass is 79.9. The van der Waals surface area contributed by atoms with E-state index in [0.29, 0.717) is 29.2 Å². The molecule has 0 atom stereocenters. The van der Waals surface area contributed by atoms with Crippen LogP contribution in [0.5, 0.6) is 23.0 Å². The number of aromatic nitrogens is 6. The van der Waals surface area contributed by atoms with Crippen molar-refractivity contribution in [3.63, 3.8) is 0 Å². The number of nitriles is 1. The van der Waals surface area contributed by atoms with Gasteiger partial charge in [0, 0.05) is 53.3 Å². The molecule has 324 valence electrons. The van der Waals surface area contributed by atoms with Gasteiger partial charge in [0.05, 0.1) is 59.9 Å². The van der Waals surface area contributed by atoms with E-state index in [-0.39, 0.29) is 64.6 Å². The lowest BCUT2D eigenvalue weighted by Crippen LogP contribution is -2.11. The number of carbonyl (C=O) groups excluding carboxylic acids is 2. The number of imidazole rings is 2. The third-order valence-electron chi connectivity index (χ3n) is 10.7. The maximum atomic E-state index is 13.2. The second kappa shape index (κ2) is 18.3. The van der Waals surface area contributed by atoms with Crippen LogP contribution in [0.1, 0.15) is 59.2 Å². The predicted molar refractivity (Wildman–Crippen MR) is 226 cm³/mol. The SMILES string of the molecule is COc1cc(-n2cnc3cc(-c4cnn(CC#N)c4)ccc32)cc(OC(F)F)c1C(=O)CC1CC1.COc1cc(-n2cnc3cc(Br)ccc32)cc(OC(F)F)c1C(=O)CC1CC1. The van der Waals surface area contributed by atoms with E-state index < -0.39 is 13.2 Å². The minimum atomic E-state index is -3.09. The number of ether oxygens (including phenoxy) is 4. The second-order valence-corrected chi connectivity index (χ2v) is 16.0. The van der Waals surface area contributed by atoms with Gasteiger partial charge in [-0.15, -0.1) is 0 Å². The van der Waals surface area contributed by atoms with Crippen LogP contribution >= 0.6 is 15.9 Å². The summed E-state index contributed by atoms with van der Waals surface area (Å²) in [6.45, 7) is -5.99. The highest BCUT2D eigenvalue weighted by Gasteiger charge is 2.31. The van der Waals surface area contributed by atoms with Gasteiger partial charge in [-0.2, -0.15) is 27.9 Å². The number of halogens is 5. The van der Waals surface area contributed by atoms with Gasteiger partial charge in [0.25, 0.3) is 0 Å². The summed E-state index contributed by atoms with van der Waals surface area (Å²) in [4.78, 5) is 34.4. The number of rotatable bonds is 16. The Balaban J connectivity index is 0.000000177. The van der Waals surface area contributed by atoms with Gasteiger partial charge in [0.1, 0.15) is 53.3 Å². The minimum Gasteiger partial charge on any atom is -0.496 e. The molecule has 0 aliphatic heterocycles. The summed E-state index contributed by atoms with van der Waals surface area (Å²) in [7, 11) is 2.80. The zero-order valence-corrected chi connectivity index (χ0v) is 35.4. The Morgan fingerprint density at radius 1 is 0.730 bits per heavy atom. The lowest BCUT2D eigenvalue weighted by molar-refractivity contribution is -0.0510. The van der Waals surface area contributed by atoms with Crippen molar-refractivity contribution in [2.75, 3.05) is 14.2 Å². The summed E-state index contributed by atoms with van der Waals surface area (Å²) in [5.74, 6) is 0.0456. The van der Waals surface area contributed by atoms with Crippen LogP contribution in [0, 0.1) is 23.2 Å². The molecule has 0 bridgehead atoms. The molecule has 0 radical (unpaired) electrons. The molecule has 2 saturated carbocycles. The summed E-state index contributed by atoms with van der Waals surface area (Å²) in [6, 6.07) is 19.3. The number of benzene rings is 4. The van der Waals surface area contributed by atoms with Gasteiger partial charge in [-0.05, 0) is 73.4 Å². The molecule has 4 aromatic carbocycles. The number of hydrogen-bond donors (Lipinski definition) is 0. The highest BCUT2D eigenvalue weighted by Crippen LogP contribution is 2.41. The van der Waals surface area contributed by atoms with E-state index in [4.69, 9.17) is 24.2 Å². The molecule has 0 N–H and O–H groups in total. The van der Waals surface area contributed by atoms with Gasteiger partial charge in [-0.25, -0.2) is 9.97 Å². The molecule has 3 heterocycles. The molecule has 2 fully saturated rings. The number of ketones is 2. The fourth-order valence-electron chi connectivity index (χ4n) is 7.31. The number of carbonyl (C=O) groups is 2. The summed E-state index contributed by atoms with van der Waals surface area (Å²) in [5, 5.41) is 13.0. The van der Waals surface area contributed by atoms with Gasteiger partial charge in [-0.1, -0.05) is 22.0 Å². The topological polar surface area (TPSA) is 148 Å². The van der Waals surface area contributed by atoms with Gasteiger partial charge in [0.2, 0.25) is 0 Å². The Hall–Kier alpha value is -6.74. The number of methoxy groups -OCH3 is 2. The molecule has 7 aromatic rings. The highest BCUT2D eigenvalue weighted by molar-refractivity contribution is 9.10. The molecule has 13 nitrogen and oxygen atoms in total. The lowest BCUT2D eigenvalue weighted by atomic mass is 10.0. The molecule has 0 spiro atoms. The van der Waals surface area contributed by atoms with E-state index in [2.05, 4.69) is 31.0 Å². The average molecular weight is 929 g/mol. The van der Waals surface area contributed by atoms with E-state index in [1.807, 2.05) is 42.5 Å². The van der Waals surface area contributed by atoms with Crippen LogP contribution in [-0.4, -0.2) is 67.9 Å². The zero-order valence-electron chi connectivity index (χ0n) is 33.8. The van der Waals surface area contributed by atoms with E-state index in [0.717, 1.165) is 57.8 Å². The first-order valence-corrected chi connectivity index (χ1v) is 20.6. The van der Waals surface area contributed by atoms with Crippen molar-refractivity contribution in [1.29, 1.82) is 5.26 Å². The van der Waals surface area contributed by atoms with Gasteiger partial charge < -0.3 is 18.9 Å². The molecule has 18 heteroatoms. The van der Waals surface area contributed by atoms with Gasteiger partial charge >= 0.3 is 13.2 Å². The van der Waals surface area contributed by atoms with Gasteiger partial charge in [0.15, 0.2) is 11.6 Å². The van der Waals surface area contributed by atoms with Crippen LogP contribution in [0.25, 0.3) is 44.6 Å². The Morgan fingerprint density at radius 3 is 1.70 bits per heavy atom. The van der Waals surface area contributed by atoms with Crippen molar-refractivity contribution < 1.29 is 46.1 Å². The first-order valence-electron chi connectivity index (χ1n) is 19.8. The van der Waals surface area contributed by atoms with Crippen LogP contribution in [0.4, 0.5) is 17.6 Å². The summed E-state index contributed by atoms with van der Waals surface area (Å²) in [6.07, 6.45) is 11.1. The molecule has 0 unspecified atom stereocenters. The number of alkyl halides is 4. The Labute approximate surface area is 365 Å². The molecule has 2 aliphatic carbocycles. The first-order chi connectivity index (χ1) is 30.4. The smallest absolute Gasteiger partial charge is 0.387 e. The van der Waals surface area contributed by atoms with Crippen LogP contribution < -0.4 is 18.9 Å². The molecule has 2 aliphatic rings. The maximum absolute atomic E-state index is 13.2. The normalized spacial score (nSPS) is 13.5. The van der Waals surface area contributed by atoms with Crippen LogP contribution in [0.15, 0.2) is 90.2 Å². The number of fused-ring (bicyclic) bond motifs is 2. The molecule has 63 heavy (non-hydrogen) atoms. The maximum Gasteiger partial charge on any atom is 0.387 e. The fourth-order valence-corrected chi connectivity index (χ4v) is 7.66. The quantitative estimate of drug-likeness (QED) is 0.0677. The molecule has 9 rings (SSSR count). The largest absolute Gasteiger partial charge is 0.496 e. The van der Waals surface area contributed by atoms with Crippen molar-refractivity contribution in [2.24, 2.45) is 11.8 Å². The number of hydrogen-bond acceptors (Lipinski definition) is 10. The molecule has 0 amide bonds. The predicted octanol–water partition coefficient (Wildman–Crippen LogP) is 10.4. The third-order valence-corrected chi connectivity index (χ3v) is 11.2. The lowest BCUT2D eigenvalue weighted by Gasteiger charge is -2.16. The van der Waals surface area contributed by atoms with E-state index in [1.165, 1.54) is 26.4 Å². The van der Waals surface area contributed by atoms with Crippen molar-refractivity contribution in [1.82, 2.24) is 28.9 Å². The third kappa shape index (κ3) is 9.68. The monoisotopic (exact) mass is 927 g/mol. The standard InChI is InChI=1S/C25H21F2N5O3.C20H17BrF2N2O3/c1-34-22-10-18(11-23(35-25(26)27)24(22)21(33)8-15-2-3-15)32-14-29-19-9-16(4-5-20(19)32)17-12-30-31(13-17)7-6-28;1-27-17-8-13(25-10-24-14-7-12(21)4-5-15(14)25)9-18(28-20(22)23)19(17)16(26)6-11-2-3-11/h4-5,9-15,25H,2-3,7-8H2,1H3;4-5,7-11,20H,2-3,6H2,1H3. The van der Waals surface area contributed by atoms with Gasteiger partial charge in [-0.3, -0.25) is 23.4 Å². The van der Waals surface area contributed by atoms with E-state index in [1.54, 1.807) is 51.0 Å². The molecular weight excluding hydrogens is 890 g/mol. The molecular formula is C45H38BrF4N7O6. The van der Waals surface area contributed by atoms with Crippen molar-refractivity contribution in [3.05, 3.63) is 101 Å². The molecule has 3 aromatic heterocycles. The Kier molecular flexibility index (Phi) is 12.5. The summed E-state index contributed by atoms with van der Waals surface area (Å²) >= 11 is 3.40. The Morgan fingerprint density at radius 2 is 1.22 bits per heavy atom. The first kappa shape index (κ1) is 42.9. The van der Waals surface area contributed by atoms with Crippen molar-refractivity contribution in [2.45, 2.75) is 58.3 Å². The fraction of sp³-hybridized carbons (Fsp3) is 0.289. The summed E-state index contributed by atoms with van der Waals surface area (Å²) in [5.41, 5.74) is 5.69. The number of nitrogens with zero attached hydrogens (tertiary/aromatic N) is 7. The zero-order chi connectivity index (χ0) is 44.4. The van der Waals surface area contributed by atoms with E-state index in [9.17, 15) is 27.2 Å². The Bertz CT molecular complexity index is 2880. The van der Waals surface area contributed by atoms with Crippen LogP contribution in [-0.2, 0) is 6.54 Å².